The highest BCUT2D eigenvalue weighted by atomic mass is 35.5. The summed E-state index contributed by atoms with van der Waals surface area (Å²) in [6, 6.07) is 8.97. The Balaban J connectivity index is 1.59. The molecule has 0 aromatic heterocycles. The number of nitro benzene ring substituents is 1. The Morgan fingerprint density at radius 1 is 1.11 bits per heavy atom. The van der Waals surface area contributed by atoms with E-state index in [1.54, 1.807) is 18.2 Å². The second kappa shape index (κ2) is 8.60. The lowest BCUT2D eigenvalue weighted by Gasteiger charge is -2.39. The number of amides is 1. The molecule has 8 nitrogen and oxygen atoms in total. The number of nitrogens with zero attached hydrogens (tertiary/aromatic N) is 2. The standard InChI is InChI=1S/C25H25Cl2N3O5/c1-14-11-16(26)6-8-18(14)28-22(32)25-10-9-24(4,23(25,2)3)20(13-25)29-35-21(31)15-5-7-17(27)19(12-15)30(33)34/h5-8,11-12H,9-10,13H2,1-4H3,(H,28,32). The summed E-state index contributed by atoms with van der Waals surface area (Å²) in [6.07, 6.45) is 1.71. The summed E-state index contributed by atoms with van der Waals surface area (Å²) in [5.41, 5.74) is 0.0727. The molecule has 2 saturated carbocycles. The molecule has 4 rings (SSSR count). The Morgan fingerprint density at radius 3 is 2.49 bits per heavy atom. The molecule has 2 aliphatic rings. The van der Waals surface area contributed by atoms with E-state index in [4.69, 9.17) is 28.0 Å². The van der Waals surface area contributed by atoms with Crippen LogP contribution in [0.1, 0.15) is 56.0 Å². The normalized spacial score (nSPS) is 25.5. The molecule has 2 atom stereocenters. The van der Waals surface area contributed by atoms with Gasteiger partial charge in [0.25, 0.3) is 5.69 Å². The van der Waals surface area contributed by atoms with Crippen LogP contribution in [0.2, 0.25) is 10.0 Å². The van der Waals surface area contributed by atoms with Gasteiger partial charge in [0.2, 0.25) is 5.91 Å². The lowest BCUT2D eigenvalue weighted by Crippen LogP contribution is -2.43. The van der Waals surface area contributed by atoms with Gasteiger partial charge in [-0.1, -0.05) is 49.1 Å². The molecule has 0 saturated heterocycles. The molecule has 2 aromatic carbocycles. The van der Waals surface area contributed by atoms with E-state index >= 15 is 0 Å². The third kappa shape index (κ3) is 3.89. The van der Waals surface area contributed by atoms with Crippen molar-refractivity contribution in [2.75, 3.05) is 5.32 Å². The minimum atomic E-state index is -0.836. The van der Waals surface area contributed by atoms with Gasteiger partial charge in [-0.3, -0.25) is 14.9 Å². The zero-order valence-electron chi connectivity index (χ0n) is 19.8. The van der Waals surface area contributed by atoms with E-state index in [-0.39, 0.29) is 16.5 Å². The van der Waals surface area contributed by atoms with Gasteiger partial charge in [0.15, 0.2) is 0 Å². The Hall–Kier alpha value is -2.97. The predicted molar refractivity (Wildman–Crippen MR) is 134 cm³/mol. The Morgan fingerprint density at radius 2 is 1.83 bits per heavy atom. The number of anilines is 1. The van der Waals surface area contributed by atoms with Crippen LogP contribution in [0.4, 0.5) is 11.4 Å². The molecule has 2 bridgehead atoms. The molecule has 2 aliphatic carbocycles. The van der Waals surface area contributed by atoms with Crippen molar-refractivity contribution in [2.45, 2.75) is 47.0 Å². The van der Waals surface area contributed by atoms with Crippen LogP contribution in [0.25, 0.3) is 0 Å². The van der Waals surface area contributed by atoms with Crippen molar-refractivity contribution < 1.29 is 19.3 Å². The van der Waals surface area contributed by atoms with Crippen molar-refractivity contribution in [1.82, 2.24) is 0 Å². The average molecular weight is 518 g/mol. The van der Waals surface area contributed by atoms with E-state index in [1.807, 2.05) is 27.7 Å². The third-order valence-electron chi connectivity index (χ3n) is 8.22. The number of nitro groups is 1. The van der Waals surface area contributed by atoms with Crippen molar-refractivity contribution in [3.8, 4) is 0 Å². The highest BCUT2D eigenvalue weighted by Gasteiger charge is 2.71. The van der Waals surface area contributed by atoms with Gasteiger partial charge in [-0.2, -0.15) is 0 Å². The van der Waals surface area contributed by atoms with Crippen LogP contribution >= 0.6 is 23.2 Å². The van der Waals surface area contributed by atoms with E-state index < -0.39 is 32.8 Å². The number of hydrogen-bond donors (Lipinski definition) is 1. The molecule has 1 N–H and O–H groups in total. The summed E-state index contributed by atoms with van der Waals surface area (Å²) in [4.78, 5) is 41.9. The van der Waals surface area contributed by atoms with Gasteiger partial charge in [-0.05, 0) is 61.1 Å². The fourth-order valence-corrected chi connectivity index (χ4v) is 5.87. The Labute approximate surface area is 212 Å². The summed E-state index contributed by atoms with van der Waals surface area (Å²) in [7, 11) is 0. The molecule has 0 spiro atoms. The summed E-state index contributed by atoms with van der Waals surface area (Å²) < 4.78 is 0. The number of hydrogen-bond acceptors (Lipinski definition) is 6. The topological polar surface area (TPSA) is 111 Å². The maximum absolute atomic E-state index is 13.6. The average Bonchev–Trinajstić information content (AvgIpc) is 3.10. The highest BCUT2D eigenvalue weighted by Crippen LogP contribution is 2.71. The summed E-state index contributed by atoms with van der Waals surface area (Å²) in [6.45, 7) is 8.00. The largest absolute Gasteiger partial charge is 0.365 e. The van der Waals surface area contributed by atoms with Crippen LogP contribution in [0, 0.1) is 33.3 Å². The first kappa shape index (κ1) is 25.1. The fraction of sp³-hybridized carbons (Fsp3) is 0.400. The van der Waals surface area contributed by atoms with Gasteiger partial charge < -0.3 is 10.2 Å². The summed E-state index contributed by atoms with van der Waals surface area (Å²) >= 11 is 11.9. The number of benzene rings is 2. The first-order chi connectivity index (χ1) is 16.3. The van der Waals surface area contributed by atoms with Crippen molar-refractivity contribution in [3.63, 3.8) is 0 Å². The van der Waals surface area contributed by atoms with Crippen LogP contribution < -0.4 is 5.32 Å². The van der Waals surface area contributed by atoms with E-state index in [1.165, 1.54) is 12.1 Å². The van der Waals surface area contributed by atoms with Gasteiger partial charge in [0, 0.05) is 28.6 Å². The zero-order chi connectivity index (χ0) is 25.8. The number of halogens is 2. The first-order valence-corrected chi connectivity index (χ1v) is 11.9. The highest BCUT2D eigenvalue weighted by molar-refractivity contribution is 6.32. The van der Waals surface area contributed by atoms with Gasteiger partial charge in [-0.25, -0.2) is 4.79 Å². The van der Waals surface area contributed by atoms with Crippen LogP contribution in [0.5, 0.6) is 0 Å². The number of carbonyl (C=O) groups excluding carboxylic acids is 2. The number of rotatable bonds is 5. The molecule has 2 unspecified atom stereocenters. The van der Waals surface area contributed by atoms with Crippen molar-refractivity contribution in [2.24, 2.45) is 21.4 Å². The second-order valence-electron chi connectivity index (χ2n) is 9.97. The van der Waals surface area contributed by atoms with Crippen LogP contribution in [-0.2, 0) is 9.63 Å². The minimum Gasteiger partial charge on any atom is -0.325 e. The molecule has 184 valence electrons. The van der Waals surface area contributed by atoms with E-state index in [0.717, 1.165) is 11.6 Å². The SMILES string of the molecule is Cc1cc(Cl)ccc1NC(=O)C12CCC(C)(C(=NOC(=O)c3ccc(Cl)c([N+](=O)[O-])c3)C1)C2(C)C. The molecular formula is C25H25Cl2N3O5. The molecule has 2 aromatic rings. The predicted octanol–water partition coefficient (Wildman–Crippen LogP) is 6.58. The Bertz CT molecular complexity index is 1290. The number of aryl methyl sites for hydroxylation is 1. The smallest absolute Gasteiger partial charge is 0.325 e. The molecule has 1 amide bonds. The molecule has 0 radical (unpaired) electrons. The van der Waals surface area contributed by atoms with Gasteiger partial charge >= 0.3 is 5.97 Å². The maximum atomic E-state index is 13.6. The molecule has 0 aliphatic heterocycles. The first-order valence-electron chi connectivity index (χ1n) is 11.1. The van der Waals surface area contributed by atoms with E-state index in [0.29, 0.717) is 35.7 Å². The number of carbonyl (C=O) groups is 2. The molecular weight excluding hydrogens is 493 g/mol. The van der Waals surface area contributed by atoms with E-state index in [9.17, 15) is 19.7 Å². The van der Waals surface area contributed by atoms with Crippen LogP contribution in [0.15, 0.2) is 41.6 Å². The molecule has 0 heterocycles. The van der Waals surface area contributed by atoms with Gasteiger partial charge in [-0.15, -0.1) is 0 Å². The Kier molecular flexibility index (Phi) is 6.18. The van der Waals surface area contributed by atoms with Gasteiger partial charge in [0.1, 0.15) is 5.02 Å². The lowest BCUT2D eigenvalue weighted by molar-refractivity contribution is -0.384. The van der Waals surface area contributed by atoms with Gasteiger partial charge in [0.05, 0.1) is 21.6 Å². The van der Waals surface area contributed by atoms with Crippen molar-refractivity contribution in [3.05, 3.63) is 67.7 Å². The van der Waals surface area contributed by atoms with E-state index in [2.05, 4.69) is 10.5 Å². The number of oxime groups is 1. The van der Waals surface area contributed by atoms with Crippen molar-refractivity contribution >= 4 is 52.2 Å². The van der Waals surface area contributed by atoms with Crippen LogP contribution in [-0.4, -0.2) is 22.5 Å². The fourth-order valence-electron chi connectivity index (χ4n) is 5.46. The lowest BCUT2D eigenvalue weighted by atomic mass is 9.64. The molecule has 10 heteroatoms. The number of fused-ring (bicyclic) bond motifs is 2. The summed E-state index contributed by atoms with van der Waals surface area (Å²) in [5, 5.41) is 18.9. The molecule has 35 heavy (non-hydrogen) atoms. The quantitative estimate of drug-likeness (QED) is 0.273. The van der Waals surface area contributed by atoms with Crippen LogP contribution in [0.3, 0.4) is 0 Å². The monoisotopic (exact) mass is 517 g/mol. The maximum Gasteiger partial charge on any atom is 0.365 e. The molecule has 2 fully saturated rings. The third-order valence-corrected chi connectivity index (χ3v) is 8.78. The minimum absolute atomic E-state index is 0.0383. The zero-order valence-corrected chi connectivity index (χ0v) is 21.3. The summed E-state index contributed by atoms with van der Waals surface area (Å²) in [5.74, 6) is -0.946. The second-order valence-corrected chi connectivity index (χ2v) is 10.8. The number of nitrogens with one attached hydrogen (secondary N) is 1. The van der Waals surface area contributed by atoms with Crippen molar-refractivity contribution in [1.29, 1.82) is 0 Å².